The molecule has 1 fully saturated rings. The van der Waals surface area contributed by atoms with Crippen LogP contribution in [0.15, 0.2) is 71.8 Å². The van der Waals surface area contributed by atoms with Crippen molar-refractivity contribution < 1.29 is 19.5 Å². The molecule has 3 aromatic rings. The highest BCUT2D eigenvalue weighted by molar-refractivity contribution is 6.07. The van der Waals surface area contributed by atoms with Crippen LogP contribution in [0.4, 0.5) is 4.79 Å². The molecule has 0 aromatic heterocycles. The van der Waals surface area contributed by atoms with E-state index in [0.29, 0.717) is 24.8 Å². The first-order valence-electron chi connectivity index (χ1n) is 11.1. The molecule has 1 unspecified atom stereocenters. The van der Waals surface area contributed by atoms with E-state index in [0.717, 1.165) is 21.9 Å². The van der Waals surface area contributed by atoms with Crippen molar-refractivity contribution in [1.29, 1.82) is 0 Å². The molecule has 1 aliphatic heterocycles. The molecule has 0 aliphatic carbocycles. The number of nitrogens with zero attached hydrogens (tertiary/aromatic N) is 2. The van der Waals surface area contributed by atoms with E-state index in [-0.39, 0.29) is 18.9 Å². The Hall–Kier alpha value is -4.20. The third-order valence-electron chi connectivity index (χ3n) is 6.13. The topological polar surface area (TPSA) is 125 Å². The first-order valence-corrected chi connectivity index (χ1v) is 11.1. The lowest BCUT2D eigenvalue weighted by Gasteiger charge is -2.27. The molecular weight excluding hydrogens is 432 g/mol. The van der Waals surface area contributed by atoms with E-state index in [2.05, 4.69) is 10.4 Å². The normalized spacial score (nSPS) is 18.1. The second kappa shape index (κ2) is 9.74. The van der Waals surface area contributed by atoms with Crippen LogP contribution >= 0.6 is 0 Å². The molecule has 1 heterocycles. The number of fused-ring (bicyclic) bond motifs is 1. The Morgan fingerprint density at radius 3 is 2.53 bits per heavy atom. The summed E-state index contributed by atoms with van der Waals surface area (Å²) in [6, 6.07) is 20.3. The second-order valence-corrected chi connectivity index (χ2v) is 8.41. The van der Waals surface area contributed by atoms with E-state index >= 15 is 0 Å². The van der Waals surface area contributed by atoms with Crippen molar-refractivity contribution in [2.24, 2.45) is 10.9 Å². The minimum absolute atomic E-state index is 0.0185. The maximum atomic E-state index is 13.7. The van der Waals surface area contributed by atoms with E-state index in [9.17, 15) is 14.4 Å². The van der Waals surface area contributed by atoms with Gasteiger partial charge in [0, 0.05) is 6.42 Å². The number of imide groups is 1. The maximum absolute atomic E-state index is 13.7. The molecule has 0 bridgehead atoms. The highest BCUT2D eigenvalue weighted by atomic mass is 16.4. The number of rotatable bonds is 9. The number of aliphatic carboxylic acids is 1. The van der Waals surface area contributed by atoms with Gasteiger partial charge in [-0.2, -0.15) is 5.10 Å². The number of carboxylic acids is 1. The number of benzene rings is 3. The third kappa shape index (κ3) is 4.61. The van der Waals surface area contributed by atoms with Crippen molar-refractivity contribution in [3.63, 3.8) is 0 Å². The van der Waals surface area contributed by atoms with E-state index in [4.69, 9.17) is 10.9 Å². The van der Waals surface area contributed by atoms with Gasteiger partial charge in [-0.05, 0) is 58.9 Å². The Morgan fingerprint density at radius 2 is 1.79 bits per heavy atom. The van der Waals surface area contributed by atoms with Gasteiger partial charge >= 0.3 is 12.0 Å². The van der Waals surface area contributed by atoms with Gasteiger partial charge in [0.15, 0.2) is 0 Å². The van der Waals surface area contributed by atoms with Crippen LogP contribution in [0.5, 0.6) is 0 Å². The van der Waals surface area contributed by atoms with E-state index in [1.54, 1.807) is 6.21 Å². The second-order valence-electron chi connectivity index (χ2n) is 8.41. The van der Waals surface area contributed by atoms with E-state index in [1.165, 1.54) is 4.90 Å². The van der Waals surface area contributed by atoms with Crippen LogP contribution in [0.3, 0.4) is 0 Å². The number of unbranched alkanes of at least 4 members (excludes halogenated alkanes) is 1. The summed E-state index contributed by atoms with van der Waals surface area (Å²) in [7, 11) is 0. The molecule has 8 nitrogen and oxygen atoms in total. The fraction of sp³-hybridized carbons (Fsp3) is 0.231. The van der Waals surface area contributed by atoms with Gasteiger partial charge in [0.25, 0.3) is 5.91 Å². The van der Waals surface area contributed by atoms with Crippen LogP contribution in [0.25, 0.3) is 10.8 Å². The first-order chi connectivity index (χ1) is 16.4. The van der Waals surface area contributed by atoms with Gasteiger partial charge in [-0.25, -0.2) is 4.79 Å². The highest BCUT2D eigenvalue weighted by Gasteiger charge is 2.51. The van der Waals surface area contributed by atoms with Crippen LogP contribution in [0, 0.1) is 0 Å². The van der Waals surface area contributed by atoms with Gasteiger partial charge in [0.1, 0.15) is 5.54 Å². The predicted octanol–water partition coefficient (Wildman–Crippen LogP) is 3.72. The van der Waals surface area contributed by atoms with Gasteiger partial charge in [-0.1, -0.05) is 54.6 Å². The molecule has 174 valence electrons. The van der Waals surface area contributed by atoms with Crippen LogP contribution in [-0.2, 0) is 21.7 Å². The fourth-order valence-corrected chi connectivity index (χ4v) is 4.43. The number of carboxylic acid groups (broad SMARTS) is 1. The van der Waals surface area contributed by atoms with Crippen molar-refractivity contribution in [1.82, 2.24) is 10.2 Å². The summed E-state index contributed by atoms with van der Waals surface area (Å²) in [6.07, 6.45) is 2.81. The summed E-state index contributed by atoms with van der Waals surface area (Å²) in [5, 5.41) is 17.4. The number of amides is 3. The smallest absolute Gasteiger partial charge is 0.325 e. The Kier molecular flexibility index (Phi) is 6.58. The van der Waals surface area contributed by atoms with Crippen molar-refractivity contribution >= 4 is 34.9 Å². The van der Waals surface area contributed by atoms with Crippen LogP contribution in [-0.4, -0.2) is 34.1 Å². The number of carbonyl (C=O) groups is 3. The van der Waals surface area contributed by atoms with Gasteiger partial charge in [0.05, 0.1) is 12.8 Å². The number of urea groups is 1. The summed E-state index contributed by atoms with van der Waals surface area (Å²) >= 11 is 0. The molecule has 4 N–H and O–H groups in total. The van der Waals surface area contributed by atoms with Gasteiger partial charge < -0.3 is 16.3 Å². The Balaban J connectivity index is 1.61. The molecule has 0 radical (unpaired) electrons. The molecule has 1 aliphatic rings. The lowest BCUT2D eigenvalue weighted by atomic mass is 9.84. The molecule has 34 heavy (non-hydrogen) atoms. The average Bonchev–Trinajstić information content (AvgIpc) is 3.07. The van der Waals surface area contributed by atoms with Crippen LogP contribution in [0.1, 0.15) is 42.4 Å². The van der Waals surface area contributed by atoms with Crippen molar-refractivity contribution in [3.8, 4) is 0 Å². The predicted molar refractivity (Wildman–Crippen MR) is 129 cm³/mol. The molecule has 3 aromatic carbocycles. The Morgan fingerprint density at radius 1 is 1.03 bits per heavy atom. The monoisotopic (exact) mass is 458 g/mol. The molecular formula is C26H26N4O4. The summed E-state index contributed by atoms with van der Waals surface area (Å²) in [6.45, 7) is 0.125. The lowest BCUT2D eigenvalue weighted by Crippen LogP contribution is -2.44. The number of carbonyl (C=O) groups excluding carboxylic acids is 2. The third-order valence-corrected chi connectivity index (χ3v) is 6.13. The molecule has 3 amide bonds. The number of nitrogens with two attached hydrogens (primary N) is 1. The lowest BCUT2D eigenvalue weighted by molar-refractivity contribution is -0.137. The summed E-state index contributed by atoms with van der Waals surface area (Å²) < 4.78 is 0. The van der Waals surface area contributed by atoms with E-state index < -0.39 is 17.5 Å². The maximum Gasteiger partial charge on any atom is 0.325 e. The minimum atomic E-state index is -1.21. The zero-order valence-electron chi connectivity index (χ0n) is 18.6. The Labute approximate surface area is 197 Å². The first kappa shape index (κ1) is 23.0. The van der Waals surface area contributed by atoms with Crippen molar-refractivity contribution in [2.45, 2.75) is 37.8 Å². The number of nitrogens with one attached hydrogen (secondary N) is 1. The van der Waals surface area contributed by atoms with Crippen LogP contribution in [0.2, 0.25) is 0 Å². The van der Waals surface area contributed by atoms with E-state index in [1.807, 2.05) is 66.7 Å². The molecule has 8 heteroatoms. The number of hydrogen-bond donors (Lipinski definition) is 3. The average molecular weight is 459 g/mol. The Bertz CT molecular complexity index is 1260. The highest BCUT2D eigenvalue weighted by Crippen LogP contribution is 2.35. The SMILES string of the molecule is NN=Cc1ccc2ccc(CN3C(=O)NC(CCCCC(=O)O)(c4ccccc4)C3=O)cc2c1. The summed E-state index contributed by atoms with van der Waals surface area (Å²) in [5.74, 6) is 4.05. The van der Waals surface area contributed by atoms with Gasteiger partial charge in [-0.3, -0.25) is 14.5 Å². The number of hydrogen-bond acceptors (Lipinski definition) is 5. The van der Waals surface area contributed by atoms with Crippen molar-refractivity contribution in [3.05, 3.63) is 83.4 Å². The largest absolute Gasteiger partial charge is 0.481 e. The molecule has 4 rings (SSSR count). The molecule has 0 spiro atoms. The zero-order valence-corrected chi connectivity index (χ0v) is 18.6. The van der Waals surface area contributed by atoms with Gasteiger partial charge in [0.2, 0.25) is 0 Å². The molecule has 0 saturated carbocycles. The van der Waals surface area contributed by atoms with Gasteiger partial charge in [-0.15, -0.1) is 0 Å². The summed E-state index contributed by atoms with van der Waals surface area (Å²) in [5.41, 5.74) is 1.15. The number of hydrazone groups is 1. The minimum Gasteiger partial charge on any atom is -0.481 e. The summed E-state index contributed by atoms with van der Waals surface area (Å²) in [4.78, 5) is 38.8. The van der Waals surface area contributed by atoms with Crippen LogP contribution < -0.4 is 11.2 Å². The quantitative estimate of drug-likeness (QED) is 0.148. The fourth-order valence-electron chi connectivity index (χ4n) is 4.43. The zero-order chi connectivity index (χ0) is 24.1. The molecule has 1 atom stereocenters. The van der Waals surface area contributed by atoms with Crippen molar-refractivity contribution in [2.75, 3.05) is 0 Å². The standard InChI is InChI=1S/C26H26N4O4/c27-28-16-18-9-11-20-12-10-19(15-21(20)14-18)17-30-24(33)26(29-25(30)34,13-5-4-8-23(31)32)22-6-2-1-3-7-22/h1-3,6-7,9-12,14-16H,4-5,8,13,17,27H2,(H,29,34)(H,31,32). The molecule has 1 saturated heterocycles.